The molecule has 0 aliphatic carbocycles. The van der Waals surface area contributed by atoms with Gasteiger partial charge in [-0.05, 0) is 18.6 Å². The third kappa shape index (κ3) is 1.43. The summed E-state index contributed by atoms with van der Waals surface area (Å²) < 4.78 is 5.72. The minimum absolute atomic E-state index is 0.381. The Labute approximate surface area is 72.5 Å². The van der Waals surface area contributed by atoms with E-state index in [0.29, 0.717) is 6.10 Å². The van der Waals surface area contributed by atoms with E-state index in [0.717, 1.165) is 18.8 Å². The molecule has 1 heterocycles. The number of ether oxygens (including phenoxy) is 1. The minimum Gasteiger partial charge on any atom is -0.488 e. The van der Waals surface area contributed by atoms with Gasteiger partial charge in [0, 0.05) is 13.1 Å². The van der Waals surface area contributed by atoms with Gasteiger partial charge < -0.3 is 10.1 Å². The average Bonchev–Trinajstić information content (AvgIpc) is 2.00. The van der Waals surface area contributed by atoms with E-state index in [2.05, 4.69) is 18.3 Å². The van der Waals surface area contributed by atoms with Gasteiger partial charge in [-0.1, -0.05) is 18.2 Å². The molecule has 1 saturated heterocycles. The lowest BCUT2D eigenvalue weighted by molar-refractivity contribution is 0.141. The van der Waals surface area contributed by atoms with Crippen molar-refractivity contribution in [1.29, 1.82) is 0 Å². The summed E-state index contributed by atoms with van der Waals surface area (Å²) in [5.41, 5.74) is 1.21. The van der Waals surface area contributed by atoms with Gasteiger partial charge in [0.05, 0.1) is 0 Å². The minimum atomic E-state index is 0.381. The Kier molecular flexibility index (Phi) is 2.00. The lowest BCUT2D eigenvalue weighted by Gasteiger charge is -2.28. The number of benzene rings is 1. The molecule has 0 atom stereocenters. The first-order valence-corrected chi connectivity index (χ1v) is 4.29. The Bertz CT molecular complexity index is 268. The first-order chi connectivity index (χ1) is 5.86. The summed E-state index contributed by atoms with van der Waals surface area (Å²) in [5.74, 6) is 1.02. The summed E-state index contributed by atoms with van der Waals surface area (Å²) in [7, 11) is 0. The smallest absolute Gasteiger partial charge is 0.123 e. The van der Waals surface area contributed by atoms with Crippen LogP contribution < -0.4 is 10.1 Å². The van der Waals surface area contributed by atoms with Gasteiger partial charge in [-0.3, -0.25) is 0 Å². The Morgan fingerprint density at radius 2 is 2.08 bits per heavy atom. The van der Waals surface area contributed by atoms with E-state index in [1.807, 2.05) is 18.2 Å². The Balaban J connectivity index is 2.06. The van der Waals surface area contributed by atoms with Crippen molar-refractivity contribution >= 4 is 0 Å². The van der Waals surface area contributed by atoms with Crippen LogP contribution in [0.25, 0.3) is 0 Å². The van der Waals surface area contributed by atoms with Gasteiger partial charge in [0.15, 0.2) is 0 Å². The summed E-state index contributed by atoms with van der Waals surface area (Å²) in [5, 5.41) is 3.18. The largest absolute Gasteiger partial charge is 0.488 e. The lowest BCUT2D eigenvalue weighted by atomic mass is 10.2. The number of para-hydroxylation sites is 1. The van der Waals surface area contributed by atoms with Crippen molar-refractivity contribution in [3.8, 4) is 5.75 Å². The zero-order chi connectivity index (χ0) is 8.39. The predicted molar refractivity (Wildman–Crippen MR) is 48.5 cm³/mol. The second-order valence-electron chi connectivity index (χ2n) is 3.16. The second-order valence-corrected chi connectivity index (χ2v) is 3.16. The molecular formula is C10H13NO. The van der Waals surface area contributed by atoms with E-state index in [1.54, 1.807) is 0 Å². The number of aryl methyl sites for hydroxylation is 1. The molecule has 1 aliphatic heterocycles. The molecule has 1 fully saturated rings. The molecule has 64 valence electrons. The zero-order valence-electron chi connectivity index (χ0n) is 7.21. The van der Waals surface area contributed by atoms with Crippen molar-refractivity contribution in [3.05, 3.63) is 29.8 Å². The number of nitrogens with one attached hydrogen (secondary N) is 1. The summed E-state index contributed by atoms with van der Waals surface area (Å²) in [6.45, 7) is 4.03. The topological polar surface area (TPSA) is 21.3 Å². The van der Waals surface area contributed by atoms with E-state index in [-0.39, 0.29) is 0 Å². The van der Waals surface area contributed by atoms with E-state index < -0.39 is 0 Å². The van der Waals surface area contributed by atoms with Gasteiger partial charge in [-0.15, -0.1) is 0 Å². The molecule has 0 spiro atoms. The quantitative estimate of drug-likeness (QED) is 0.710. The molecular weight excluding hydrogens is 150 g/mol. The lowest BCUT2D eigenvalue weighted by Crippen LogP contribution is -2.50. The fourth-order valence-corrected chi connectivity index (χ4v) is 1.21. The van der Waals surface area contributed by atoms with E-state index in [4.69, 9.17) is 4.74 Å². The van der Waals surface area contributed by atoms with E-state index >= 15 is 0 Å². The highest BCUT2D eigenvalue weighted by Gasteiger charge is 2.18. The Morgan fingerprint density at radius 3 is 2.67 bits per heavy atom. The standard InChI is InChI=1S/C10H13NO/c1-8-4-2-3-5-10(8)12-9-6-11-7-9/h2-5,9,11H,6-7H2,1H3. The Morgan fingerprint density at radius 1 is 1.33 bits per heavy atom. The molecule has 0 amide bonds. The highest BCUT2D eigenvalue weighted by molar-refractivity contribution is 5.32. The highest BCUT2D eigenvalue weighted by Crippen LogP contribution is 2.18. The molecule has 0 saturated carbocycles. The Hall–Kier alpha value is -1.02. The van der Waals surface area contributed by atoms with Crippen LogP contribution in [0.3, 0.4) is 0 Å². The van der Waals surface area contributed by atoms with Crippen LogP contribution in [0, 0.1) is 6.92 Å². The van der Waals surface area contributed by atoms with Gasteiger partial charge in [0.25, 0.3) is 0 Å². The molecule has 12 heavy (non-hydrogen) atoms. The van der Waals surface area contributed by atoms with Gasteiger partial charge in [0.1, 0.15) is 11.9 Å². The van der Waals surface area contributed by atoms with Crippen LogP contribution >= 0.6 is 0 Å². The van der Waals surface area contributed by atoms with Gasteiger partial charge in [-0.2, -0.15) is 0 Å². The number of rotatable bonds is 2. The van der Waals surface area contributed by atoms with E-state index in [1.165, 1.54) is 5.56 Å². The van der Waals surface area contributed by atoms with Crippen LogP contribution in [0.2, 0.25) is 0 Å². The molecule has 2 rings (SSSR count). The number of hydrogen-bond donors (Lipinski definition) is 1. The molecule has 1 aromatic rings. The molecule has 1 N–H and O–H groups in total. The van der Waals surface area contributed by atoms with Crippen molar-refractivity contribution in [1.82, 2.24) is 5.32 Å². The van der Waals surface area contributed by atoms with Crippen LogP contribution in [0.4, 0.5) is 0 Å². The van der Waals surface area contributed by atoms with E-state index in [9.17, 15) is 0 Å². The monoisotopic (exact) mass is 163 g/mol. The van der Waals surface area contributed by atoms with Crippen molar-refractivity contribution in [2.45, 2.75) is 13.0 Å². The van der Waals surface area contributed by atoms with Crippen LogP contribution in [-0.4, -0.2) is 19.2 Å². The predicted octanol–water partition coefficient (Wildman–Crippen LogP) is 1.35. The molecule has 1 aliphatic rings. The third-order valence-electron chi connectivity index (χ3n) is 2.13. The zero-order valence-corrected chi connectivity index (χ0v) is 7.21. The summed E-state index contributed by atoms with van der Waals surface area (Å²) >= 11 is 0. The van der Waals surface area contributed by atoms with Crippen LogP contribution in [0.15, 0.2) is 24.3 Å². The number of hydrogen-bond acceptors (Lipinski definition) is 2. The molecule has 2 nitrogen and oxygen atoms in total. The van der Waals surface area contributed by atoms with Crippen molar-refractivity contribution in [3.63, 3.8) is 0 Å². The molecule has 2 heteroatoms. The van der Waals surface area contributed by atoms with Gasteiger partial charge >= 0.3 is 0 Å². The van der Waals surface area contributed by atoms with Crippen LogP contribution in [-0.2, 0) is 0 Å². The van der Waals surface area contributed by atoms with Crippen LogP contribution in [0.5, 0.6) is 5.75 Å². The van der Waals surface area contributed by atoms with Crippen molar-refractivity contribution in [2.75, 3.05) is 13.1 Å². The molecule has 0 aromatic heterocycles. The van der Waals surface area contributed by atoms with Crippen LogP contribution in [0.1, 0.15) is 5.56 Å². The second kappa shape index (κ2) is 3.15. The molecule has 0 unspecified atom stereocenters. The maximum Gasteiger partial charge on any atom is 0.123 e. The van der Waals surface area contributed by atoms with Gasteiger partial charge in [0.2, 0.25) is 0 Å². The molecule has 0 radical (unpaired) electrons. The summed E-state index contributed by atoms with van der Waals surface area (Å²) in [6.07, 6.45) is 0.381. The first-order valence-electron chi connectivity index (χ1n) is 4.29. The third-order valence-corrected chi connectivity index (χ3v) is 2.13. The van der Waals surface area contributed by atoms with Crippen molar-refractivity contribution < 1.29 is 4.74 Å². The normalized spacial score (nSPS) is 17.1. The summed E-state index contributed by atoms with van der Waals surface area (Å²) in [6, 6.07) is 8.13. The maximum absolute atomic E-state index is 5.72. The fourth-order valence-electron chi connectivity index (χ4n) is 1.21. The maximum atomic E-state index is 5.72. The van der Waals surface area contributed by atoms with Gasteiger partial charge in [-0.25, -0.2) is 0 Å². The summed E-state index contributed by atoms with van der Waals surface area (Å²) in [4.78, 5) is 0. The SMILES string of the molecule is Cc1ccccc1OC1CNC1. The molecule has 0 bridgehead atoms. The first kappa shape index (κ1) is 7.62. The molecule has 1 aromatic carbocycles. The van der Waals surface area contributed by atoms with Crippen molar-refractivity contribution in [2.24, 2.45) is 0 Å². The highest BCUT2D eigenvalue weighted by atomic mass is 16.5. The fraction of sp³-hybridized carbons (Fsp3) is 0.400. The average molecular weight is 163 g/mol.